The Balaban J connectivity index is 0.000000373. The molecule has 1 aliphatic heterocycles. The minimum absolute atomic E-state index is 0.102. The van der Waals surface area contributed by atoms with E-state index < -0.39 is 0 Å². The van der Waals surface area contributed by atoms with E-state index in [1.165, 1.54) is 25.7 Å². The molecule has 5 nitrogen and oxygen atoms in total. The number of nitrogens with two attached hydrogens (primary N) is 1. The summed E-state index contributed by atoms with van der Waals surface area (Å²) in [7, 11) is 1.89. The molecule has 0 bridgehead atoms. The third kappa shape index (κ3) is 8.32. The number of carbonyl (C=O) groups excluding carboxylic acids is 1. The Morgan fingerprint density at radius 2 is 1.87 bits per heavy atom. The zero-order valence-electron chi connectivity index (χ0n) is 20.1. The predicted octanol–water partition coefficient (Wildman–Crippen LogP) is 5.49. The highest BCUT2D eigenvalue weighted by molar-refractivity contribution is 5.87. The molecule has 2 rings (SSSR count). The topological polar surface area (TPSA) is 73.4 Å². The number of nitriles is 1. The van der Waals surface area contributed by atoms with Crippen LogP contribution in [0.4, 0.5) is 0 Å². The van der Waals surface area contributed by atoms with Crippen molar-refractivity contribution >= 4 is 11.5 Å². The van der Waals surface area contributed by atoms with Crippen LogP contribution in [-0.2, 0) is 4.79 Å². The van der Waals surface area contributed by atoms with E-state index in [0.29, 0.717) is 11.6 Å². The van der Waals surface area contributed by atoms with Crippen molar-refractivity contribution in [1.82, 2.24) is 10.0 Å². The van der Waals surface area contributed by atoms with E-state index in [9.17, 15) is 4.79 Å². The first kappa shape index (κ1) is 26.6. The Labute approximate surface area is 189 Å². The number of nitrogens with zero attached hydrogens (tertiary/aromatic N) is 3. The van der Waals surface area contributed by atoms with E-state index >= 15 is 0 Å². The van der Waals surface area contributed by atoms with Crippen molar-refractivity contribution in [1.29, 1.82) is 5.26 Å². The minimum atomic E-state index is -0.253. The lowest BCUT2D eigenvalue weighted by atomic mass is 9.99. The molecule has 0 spiro atoms. The molecule has 1 heterocycles. The number of hydrogen-bond acceptors (Lipinski definition) is 5. The normalized spacial score (nSPS) is 18.2. The Kier molecular flexibility index (Phi) is 11.8. The Hall–Kier alpha value is -2.42. The van der Waals surface area contributed by atoms with Gasteiger partial charge in [0.05, 0.1) is 17.3 Å². The Bertz CT molecular complexity index is 766. The van der Waals surface area contributed by atoms with Gasteiger partial charge in [0.2, 0.25) is 0 Å². The lowest BCUT2D eigenvalue weighted by Crippen LogP contribution is -2.39. The van der Waals surface area contributed by atoms with Gasteiger partial charge >= 0.3 is 0 Å². The molecule has 1 aromatic carbocycles. The van der Waals surface area contributed by atoms with Gasteiger partial charge < -0.3 is 5.73 Å². The largest absolute Gasteiger partial charge is 0.328 e. The van der Waals surface area contributed by atoms with Crippen LogP contribution in [0.5, 0.6) is 0 Å². The van der Waals surface area contributed by atoms with Crippen LogP contribution in [-0.4, -0.2) is 34.9 Å². The van der Waals surface area contributed by atoms with Gasteiger partial charge in [-0.1, -0.05) is 58.2 Å². The van der Waals surface area contributed by atoms with Gasteiger partial charge in [0.25, 0.3) is 0 Å². The SMILES string of the molecule is C/C=C/N1C(c2ccc(C#N)cc2)=CC(C(C)=O)N1C.CCC(C)CCCC(N)CC. The van der Waals surface area contributed by atoms with Gasteiger partial charge in [-0.25, -0.2) is 5.01 Å². The highest BCUT2D eigenvalue weighted by Crippen LogP contribution is 2.30. The first-order valence-corrected chi connectivity index (χ1v) is 11.4. The second-order valence-electron chi connectivity index (χ2n) is 8.31. The molecule has 0 saturated heterocycles. The molecule has 170 valence electrons. The van der Waals surface area contributed by atoms with Crippen LogP contribution in [0, 0.1) is 17.2 Å². The zero-order chi connectivity index (χ0) is 23.4. The first-order chi connectivity index (χ1) is 14.8. The van der Waals surface area contributed by atoms with Gasteiger partial charge in [-0.3, -0.25) is 9.80 Å². The van der Waals surface area contributed by atoms with Gasteiger partial charge in [0, 0.05) is 19.3 Å². The van der Waals surface area contributed by atoms with Crippen LogP contribution in [0.2, 0.25) is 0 Å². The van der Waals surface area contributed by atoms with Gasteiger partial charge in [-0.15, -0.1) is 0 Å². The van der Waals surface area contributed by atoms with E-state index in [1.807, 2.05) is 54.5 Å². The van der Waals surface area contributed by atoms with Crippen LogP contribution in [0.1, 0.15) is 77.8 Å². The van der Waals surface area contributed by atoms with Crippen molar-refractivity contribution < 1.29 is 4.79 Å². The van der Waals surface area contributed by atoms with Crippen molar-refractivity contribution in [3.8, 4) is 6.07 Å². The summed E-state index contributed by atoms with van der Waals surface area (Å²) in [6.07, 6.45) is 12.1. The van der Waals surface area contributed by atoms with Gasteiger partial charge in [-0.05, 0) is 56.4 Å². The van der Waals surface area contributed by atoms with E-state index in [1.54, 1.807) is 19.1 Å². The summed E-state index contributed by atoms with van der Waals surface area (Å²) in [5.41, 5.74) is 8.36. The van der Waals surface area contributed by atoms with E-state index in [4.69, 9.17) is 11.0 Å². The highest BCUT2D eigenvalue weighted by Gasteiger charge is 2.31. The number of benzene rings is 1. The molecule has 0 radical (unpaired) electrons. The maximum Gasteiger partial charge on any atom is 0.152 e. The number of rotatable bonds is 9. The second-order valence-corrected chi connectivity index (χ2v) is 8.31. The summed E-state index contributed by atoms with van der Waals surface area (Å²) >= 11 is 0. The first-order valence-electron chi connectivity index (χ1n) is 11.4. The van der Waals surface area contributed by atoms with Crippen LogP contribution in [0.25, 0.3) is 5.70 Å². The summed E-state index contributed by atoms with van der Waals surface area (Å²) < 4.78 is 0. The zero-order valence-corrected chi connectivity index (χ0v) is 20.1. The fraction of sp³-hybridized carbons (Fsp3) is 0.538. The number of ketones is 1. The minimum Gasteiger partial charge on any atom is -0.328 e. The van der Waals surface area contributed by atoms with Crippen molar-refractivity contribution in [2.45, 2.75) is 78.8 Å². The predicted molar refractivity (Wildman–Crippen MR) is 130 cm³/mol. The van der Waals surface area contributed by atoms with Gasteiger partial charge in [0.15, 0.2) is 5.78 Å². The molecule has 0 aromatic heterocycles. The van der Waals surface area contributed by atoms with Crippen LogP contribution in [0.15, 0.2) is 42.6 Å². The van der Waals surface area contributed by atoms with Crippen molar-refractivity contribution in [3.05, 3.63) is 53.7 Å². The van der Waals surface area contributed by atoms with Crippen LogP contribution in [0.3, 0.4) is 0 Å². The molecule has 2 N–H and O–H groups in total. The Morgan fingerprint density at radius 3 is 2.35 bits per heavy atom. The Morgan fingerprint density at radius 1 is 1.23 bits per heavy atom. The van der Waals surface area contributed by atoms with Crippen LogP contribution < -0.4 is 5.73 Å². The van der Waals surface area contributed by atoms with Crippen molar-refractivity contribution in [3.63, 3.8) is 0 Å². The third-order valence-corrected chi connectivity index (χ3v) is 5.81. The number of hydrogen-bond donors (Lipinski definition) is 1. The molecule has 0 aliphatic carbocycles. The van der Waals surface area contributed by atoms with E-state index in [-0.39, 0.29) is 11.8 Å². The lowest BCUT2D eigenvalue weighted by molar-refractivity contribution is -0.122. The van der Waals surface area contributed by atoms with Crippen LogP contribution >= 0.6 is 0 Å². The third-order valence-electron chi connectivity index (χ3n) is 5.81. The number of allylic oxidation sites excluding steroid dienone is 1. The maximum absolute atomic E-state index is 11.7. The fourth-order valence-electron chi connectivity index (χ4n) is 3.43. The van der Waals surface area contributed by atoms with Gasteiger partial charge in [0.1, 0.15) is 6.04 Å². The molecule has 0 fully saturated rings. The smallest absolute Gasteiger partial charge is 0.152 e. The quantitative estimate of drug-likeness (QED) is 0.567. The standard InChI is InChI=1S/C16H17N3O.C10H23N/c1-4-9-19-16(10-15(12(2)20)18(19)3)14-7-5-13(11-17)6-8-14;1-4-9(3)7-6-8-10(11)5-2/h4-10,15H,1-3H3;9-10H,4-8,11H2,1-3H3/b9-4+;. The highest BCUT2D eigenvalue weighted by atomic mass is 16.1. The number of hydrazine groups is 1. The second kappa shape index (κ2) is 13.8. The molecule has 3 unspecified atom stereocenters. The lowest BCUT2D eigenvalue weighted by Gasteiger charge is -2.28. The molecule has 1 aliphatic rings. The molecule has 1 aromatic rings. The average Bonchev–Trinajstić information content (AvgIpc) is 3.10. The molecular weight excluding hydrogens is 384 g/mol. The monoisotopic (exact) mass is 424 g/mol. The molecule has 3 atom stereocenters. The maximum atomic E-state index is 11.7. The van der Waals surface area contributed by atoms with E-state index in [2.05, 4.69) is 26.8 Å². The molecule has 5 heteroatoms. The summed E-state index contributed by atoms with van der Waals surface area (Å²) in [5.74, 6) is 0.990. The molecule has 0 amide bonds. The van der Waals surface area contributed by atoms with Crippen molar-refractivity contribution in [2.24, 2.45) is 11.7 Å². The molecule has 31 heavy (non-hydrogen) atoms. The molecular formula is C26H40N4O. The summed E-state index contributed by atoms with van der Waals surface area (Å²) in [6, 6.07) is 9.66. The van der Waals surface area contributed by atoms with E-state index in [0.717, 1.165) is 23.6 Å². The number of likely N-dealkylation sites (N-methyl/N-ethyl adjacent to an activating group) is 1. The summed E-state index contributed by atoms with van der Waals surface area (Å²) in [5, 5.41) is 12.7. The summed E-state index contributed by atoms with van der Waals surface area (Å²) in [6.45, 7) is 10.3. The number of Topliss-reactive ketones (excluding diaryl/α,β-unsaturated/α-hetero) is 1. The number of carbonyl (C=O) groups is 1. The summed E-state index contributed by atoms with van der Waals surface area (Å²) in [4.78, 5) is 11.7. The van der Waals surface area contributed by atoms with Gasteiger partial charge in [-0.2, -0.15) is 5.26 Å². The average molecular weight is 425 g/mol. The fourth-order valence-corrected chi connectivity index (χ4v) is 3.43. The van der Waals surface area contributed by atoms with Crippen molar-refractivity contribution in [2.75, 3.05) is 7.05 Å². The molecule has 0 saturated carbocycles.